The molecule has 1 aliphatic carbocycles. The quantitative estimate of drug-likeness (QED) is 0.692. The Bertz CT molecular complexity index is 521. The maximum absolute atomic E-state index is 11.7. The van der Waals surface area contributed by atoms with Gasteiger partial charge in [0.2, 0.25) is 15.9 Å². The van der Waals surface area contributed by atoms with E-state index in [2.05, 4.69) is 10.0 Å². The van der Waals surface area contributed by atoms with Crippen molar-refractivity contribution in [1.29, 1.82) is 0 Å². The number of rotatable bonds is 6. The molecule has 3 N–H and O–H groups in total. The predicted molar refractivity (Wildman–Crippen MR) is 71.3 cm³/mol. The van der Waals surface area contributed by atoms with Crippen molar-refractivity contribution in [2.45, 2.75) is 35.6 Å². The van der Waals surface area contributed by atoms with Gasteiger partial charge in [-0.05, 0) is 24.3 Å². The Balaban J connectivity index is 1.70. The summed E-state index contributed by atoms with van der Waals surface area (Å²) in [6.07, 6.45) is 0.930. The van der Waals surface area contributed by atoms with Crippen molar-refractivity contribution < 1.29 is 18.3 Å². The molecule has 1 aromatic heterocycles. The van der Waals surface area contributed by atoms with E-state index in [0.717, 1.165) is 11.3 Å². The molecule has 0 radical (unpaired) electrons. The minimum absolute atomic E-state index is 0.0244. The molecule has 0 bridgehead atoms. The summed E-state index contributed by atoms with van der Waals surface area (Å²) >= 11 is 1.13. The van der Waals surface area contributed by atoms with Gasteiger partial charge >= 0.3 is 0 Å². The summed E-state index contributed by atoms with van der Waals surface area (Å²) in [5.74, 6) is -0.203. The molecule has 1 heterocycles. The highest BCUT2D eigenvalue weighted by molar-refractivity contribution is 7.91. The van der Waals surface area contributed by atoms with Gasteiger partial charge in [0.05, 0.1) is 6.10 Å². The highest BCUT2D eigenvalue weighted by atomic mass is 32.2. The summed E-state index contributed by atoms with van der Waals surface area (Å²) in [6.45, 7) is 0.0708. The van der Waals surface area contributed by atoms with Crippen molar-refractivity contribution in [3.63, 3.8) is 0 Å². The average Bonchev–Trinajstić information content (AvgIpc) is 2.80. The molecule has 0 spiro atoms. The van der Waals surface area contributed by atoms with Gasteiger partial charge in [-0.1, -0.05) is 6.07 Å². The normalized spacial score (nSPS) is 22.8. The number of thiophene rings is 1. The van der Waals surface area contributed by atoms with E-state index >= 15 is 0 Å². The smallest absolute Gasteiger partial charge is 0.250 e. The van der Waals surface area contributed by atoms with Crippen LogP contribution in [-0.4, -0.2) is 38.1 Å². The number of aliphatic hydroxyl groups excluding tert-OH is 1. The van der Waals surface area contributed by atoms with E-state index in [1.54, 1.807) is 11.4 Å². The number of sulfonamides is 1. The fourth-order valence-corrected chi connectivity index (χ4v) is 3.86. The SMILES string of the molecule is O=C(CCNS(=O)(=O)c1cccs1)NC1CC(O)C1. The topological polar surface area (TPSA) is 95.5 Å². The molecule has 8 heteroatoms. The van der Waals surface area contributed by atoms with E-state index in [1.807, 2.05) is 0 Å². The Labute approximate surface area is 115 Å². The van der Waals surface area contributed by atoms with E-state index in [0.29, 0.717) is 12.8 Å². The maximum Gasteiger partial charge on any atom is 0.250 e. The lowest BCUT2D eigenvalue weighted by atomic mass is 9.89. The number of hydrogen-bond donors (Lipinski definition) is 3. The Morgan fingerprint density at radius 2 is 2.21 bits per heavy atom. The molecule has 0 aliphatic heterocycles. The molecule has 1 fully saturated rings. The first-order chi connectivity index (χ1) is 8.97. The minimum atomic E-state index is -3.49. The number of hydrogen-bond acceptors (Lipinski definition) is 5. The van der Waals surface area contributed by atoms with Crippen molar-refractivity contribution in [3.8, 4) is 0 Å². The van der Waals surface area contributed by atoms with Crippen LogP contribution in [0.2, 0.25) is 0 Å². The van der Waals surface area contributed by atoms with E-state index in [1.165, 1.54) is 6.07 Å². The molecule has 1 aliphatic rings. The van der Waals surface area contributed by atoms with Crippen LogP contribution in [0.1, 0.15) is 19.3 Å². The lowest BCUT2D eigenvalue weighted by Gasteiger charge is -2.31. The van der Waals surface area contributed by atoms with Gasteiger partial charge in [-0.25, -0.2) is 13.1 Å². The fraction of sp³-hybridized carbons (Fsp3) is 0.545. The van der Waals surface area contributed by atoms with Crippen LogP contribution in [0.3, 0.4) is 0 Å². The molecule has 6 nitrogen and oxygen atoms in total. The van der Waals surface area contributed by atoms with Crippen LogP contribution in [0.4, 0.5) is 0 Å². The van der Waals surface area contributed by atoms with Crippen LogP contribution in [-0.2, 0) is 14.8 Å². The van der Waals surface area contributed by atoms with E-state index in [4.69, 9.17) is 5.11 Å². The largest absolute Gasteiger partial charge is 0.393 e. The standard InChI is InChI=1S/C11H16N2O4S2/c14-9-6-8(7-9)13-10(15)3-4-12-19(16,17)11-2-1-5-18-11/h1-2,5,8-9,12,14H,3-4,6-7H2,(H,13,15). The third kappa shape index (κ3) is 4.00. The van der Waals surface area contributed by atoms with Gasteiger partial charge in [0.15, 0.2) is 0 Å². The second-order valence-corrected chi connectivity index (χ2v) is 7.41. The molecule has 1 aromatic rings. The van der Waals surface area contributed by atoms with Crippen molar-refractivity contribution >= 4 is 27.3 Å². The second-order valence-electron chi connectivity index (χ2n) is 4.47. The lowest BCUT2D eigenvalue weighted by molar-refractivity contribution is -0.122. The molecule has 106 valence electrons. The van der Waals surface area contributed by atoms with Crippen molar-refractivity contribution in [1.82, 2.24) is 10.0 Å². The van der Waals surface area contributed by atoms with Crippen molar-refractivity contribution in [2.24, 2.45) is 0 Å². The van der Waals surface area contributed by atoms with E-state index < -0.39 is 10.0 Å². The van der Waals surface area contributed by atoms with Gasteiger partial charge in [-0.3, -0.25) is 4.79 Å². The molecule has 0 saturated heterocycles. The van der Waals surface area contributed by atoms with Crippen molar-refractivity contribution in [2.75, 3.05) is 6.54 Å². The third-order valence-electron chi connectivity index (χ3n) is 2.88. The zero-order valence-corrected chi connectivity index (χ0v) is 11.8. The Morgan fingerprint density at radius 3 is 2.79 bits per heavy atom. The average molecular weight is 304 g/mol. The predicted octanol–water partition coefficient (Wildman–Crippen LogP) is 0.0560. The van der Waals surface area contributed by atoms with Gasteiger partial charge in [0.25, 0.3) is 0 Å². The summed E-state index contributed by atoms with van der Waals surface area (Å²) in [6, 6.07) is 3.20. The molecule has 0 unspecified atom stereocenters. The van der Waals surface area contributed by atoms with Gasteiger partial charge < -0.3 is 10.4 Å². The van der Waals surface area contributed by atoms with Crippen LogP contribution in [0, 0.1) is 0 Å². The van der Waals surface area contributed by atoms with Crippen molar-refractivity contribution in [3.05, 3.63) is 17.5 Å². The van der Waals surface area contributed by atoms with Gasteiger partial charge in [0, 0.05) is 19.0 Å². The summed E-state index contributed by atoms with van der Waals surface area (Å²) in [4.78, 5) is 11.5. The summed E-state index contributed by atoms with van der Waals surface area (Å²) in [5.41, 5.74) is 0. The van der Waals surface area contributed by atoms with E-state index in [9.17, 15) is 13.2 Å². The first kappa shape index (κ1) is 14.4. The zero-order chi connectivity index (χ0) is 13.9. The number of carbonyl (C=O) groups is 1. The van der Waals surface area contributed by atoms with Gasteiger partial charge in [-0.2, -0.15) is 0 Å². The Hall–Kier alpha value is -0.960. The Kier molecular flexibility index (Phi) is 4.56. The highest BCUT2D eigenvalue weighted by Gasteiger charge is 2.28. The first-order valence-electron chi connectivity index (χ1n) is 5.98. The minimum Gasteiger partial charge on any atom is -0.393 e. The zero-order valence-electron chi connectivity index (χ0n) is 10.2. The molecular weight excluding hydrogens is 288 g/mol. The Morgan fingerprint density at radius 1 is 1.47 bits per heavy atom. The maximum atomic E-state index is 11.7. The molecule has 1 amide bonds. The van der Waals surface area contributed by atoms with Crippen LogP contribution in [0.5, 0.6) is 0 Å². The van der Waals surface area contributed by atoms with Crippen LogP contribution >= 0.6 is 11.3 Å². The van der Waals surface area contributed by atoms with Crippen LogP contribution in [0.25, 0.3) is 0 Å². The fourth-order valence-electron chi connectivity index (χ4n) is 1.79. The monoisotopic (exact) mass is 304 g/mol. The lowest BCUT2D eigenvalue weighted by Crippen LogP contribution is -2.47. The summed E-state index contributed by atoms with van der Waals surface area (Å²) < 4.78 is 26.1. The number of carbonyl (C=O) groups excluding carboxylic acids is 1. The van der Waals surface area contributed by atoms with Gasteiger partial charge in [-0.15, -0.1) is 11.3 Å². The highest BCUT2D eigenvalue weighted by Crippen LogP contribution is 2.19. The van der Waals surface area contributed by atoms with Crippen LogP contribution < -0.4 is 10.0 Å². The third-order valence-corrected chi connectivity index (χ3v) is 5.74. The van der Waals surface area contributed by atoms with Gasteiger partial charge in [0.1, 0.15) is 4.21 Å². The molecule has 19 heavy (non-hydrogen) atoms. The second kappa shape index (κ2) is 6.00. The van der Waals surface area contributed by atoms with Crippen LogP contribution in [0.15, 0.2) is 21.7 Å². The molecule has 1 saturated carbocycles. The molecule has 0 atom stereocenters. The summed E-state index contributed by atoms with van der Waals surface area (Å²) in [7, 11) is -3.49. The molecular formula is C11H16N2O4S2. The molecule has 0 aromatic carbocycles. The summed E-state index contributed by atoms with van der Waals surface area (Å²) in [5, 5.41) is 13.5. The first-order valence-corrected chi connectivity index (χ1v) is 8.34. The van der Waals surface area contributed by atoms with E-state index in [-0.39, 0.29) is 35.2 Å². The number of amides is 1. The number of aliphatic hydroxyl groups is 1. The number of nitrogens with one attached hydrogen (secondary N) is 2. The molecule has 2 rings (SSSR count).